The molecule has 19 heavy (non-hydrogen) atoms. The van der Waals surface area contributed by atoms with Gasteiger partial charge in [-0.15, -0.1) is 0 Å². The lowest BCUT2D eigenvalue weighted by atomic mass is 10.2. The van der Waals surface area contributed by atoms with Crippen LogP contribution in [-0.4, -0.2) is 43.1 Å². The number of hydrogen-bond donors (Lipinski definition) is 2. The number of halogens is 3. The van der Waals surface area contributed by atoms with E-state index in [0.717, 1.165) is 25.2 Å². The number of piperazine rings is 1. The number of nitrogens with one attached hydrogen (secondary N) is 1. The van der Waals surface area contributed by atoms with Crippen molar-refractivity contribution in [2.24, 2.45) is 5.84 Å². The van der Waals surface area contributed by atoms with Gasteiger partial charge in [0.15, 0.2) is 0 Å². The van der Waals surface area contributed by atoms with Gasteiger partial charge in [-0.05, 0) is 19.2 Å². The highest BCUT2D eigenvalue weighted by atomic mass is 19.4. The van der Waals surface area contributed by atoms with Crippen molar-refractivity contribution in [1.29, 1.82) is 0 Å². The summed E-state index contributed by atoms with van der Waals surface area (Å²) >= 11 is 0. The molecule has 1 aromatic heterocycles. The molecule has 5 nitrogen and oxygen atoms in total. The molecule has 0 atom stereocenters. The Hall–Kier alpha value is -1.54. The third-order valence-electron chi connectivity index (χ3n) is 3.11. The lowest BCUT2D eigenvalue weighted by Gasteiger charge is -2.33. The zero-order valence-corrected chi connectivity index (χ0v) is 10.5. The van der Waals surface area contributed by atoms with Crippen LogP contribution < -0.4 is 16.2 Å². The summed E-state index contributed by atoms with van der Waals surface area (Å²) in [5.41, 5.74) is 1.43. The highest BCUT2D eigenvalue weighted by Crippen LogP contribution is 2.32. The van der Waals surface area contributed by atoms with Gasteiger partial charge in [-0.2, -0.15) is 13.2 Å². The first kappa shape index (κ1) is 13.9. The van der Waals surface area contributed by atoms with Gasteiger partial charge in [0.25, 0.3) is 0 Å². The molecule has 3 N–H and O–H groups in total. The fourth-order valence-corrected chi connectivity index (χ4v) is 1.95. The van der Waals surface area contributed by atoms with Gasteiger partial charge >= 0.3 is 6.18 Å². The van der Waals surface area contributed by atoms with Crippen molar-refractivity contribution in [2.45, 2.75) is 6.18 Å². The van der Waals surface area contributed by atoms with Gasteiger partial charge in [-0.25, -0.2) is 10.8 Å². The minimum absolute atomic E-state index is 0.0174. The van der Waals surface area contributed by atoms with E-state index < -0.39 is 11.7 Å². The van der Waals surface area contributed by atoms with Crippen LogP contribution in [0.2, 0.25) is 0 Å². The molecule has 0 saturated carbocycles. The van der Waals surface area contributed by atoms with Gasteiger partial charge in [-0.1, -0.05) is 0 Å². The topological polar surface area (TPSA) is 57.4 Å². The minimum atomic E-state index is -4.41. The smallest absolute Gasteiger partial charge is 0.354 e. The standard InChI is InChI=1S/C11H16F3N5/c1-18-2-4-19(5-3-18)10-7-8(11(12,13)14)6-9(16-10)17-15/h6-7H,2-5,15H2,1H3,(H,16,17). The predicted molar refractivity (Wildman–Crippen MR) is 66.8 cm³/mol. The Morgan fingerprint density at radius 3 is 2.37 bits per heavy atom. The van der Waals surface area contributed by atoms with E-state index in [9.17, 15) is 13.2 Å². The van der Waals surface area contributed by atoms with Crippen molar-refractivity contribution >= 4 is 11.6 Å². The molecule has 0 radical (unpaired) electrons. The summed E-state index contributed by atoms with van der Waals surface area (Å²) in [4.78, 5) is 8.03. The van der Waals surface area contributed by atoms with Crippen LogP contribution in [0.5, 0.6) is 0 Å². The highest BCUT2D eigenvalue weighted by molar-refractivity contribution is 5.51. The summed E-state index contributed by atoms with van der Waals surface area (Å²) in [6, 6.07) is 1.96. The minimum Gasteiger partial charge on any atom is -0.354 e. The second-order valence-corrected chi connectivity index (χ2v) is 4.53. The Kier molecular flexibility index (Phi) is 3.81. The molecule has 0 spiro atoms. The zero-order valence-electron chi connectivity index (χ0n) is 10.5. The Balaban J connectivity index is 2.29. The molecule has 0 aromatic carbocycles. The van der Waals surface area contributed by atoms with E-state index in [-0.39, 0.29) is 5.82 Å². The Morgan fingerprint density at radius 1 is 1.21 bits per heavy atom. The number of aromatic nitrogens is 1. The number of alkyl halides is 3. The molecule has 2 heterocycles. The van der Waals surface area contributed by atoms with Crippen LogP contribution in [0.15, 0.2) is 12.1 Å². The third kappa shape index (κ3) is 3.27. The van der Waals surface area contributed by atoms with Crippen LogP contribution in [0.1, 0.15) is 5.56 Å². The maximum atomic E-state index is 12.8. The summed E-state index contributed by atoms with van der Waals surface area (Å²) in [6.45, 7) is 2.89. The average molecular weight is 275 g/mol. The van der Waals surface area contributed by atoms with Gasteiger partial charge in [0.1, 0.15) is 11.6 Å². The normalized spacial score (nSPS) is 17.6. The lowest BCUT2D eigenvalue weighted by Crippen LogP contribution is -2.45. The summed E-state index contributed by atoms with van der Waals surface area (Å²) in [7, 11) is 1.98. The molecule has 1 aromatic rings. The van der Waals surface area contributed by atoms with Crippen LogP contribution in [0.4, 0.5) is 24.8 Å². The lowest BCUT2D eigenvalue weighted by molar-refractivity contribution is -0.137. The van der Waals surface area contributed by atoms with E-state index in [1.807, 2.05) is 11.9 Å². The first-order chi connectivity index (χ1) is 8.90. The van der Waals surface area contributed by atoms with Crippen LogP contribution in [-0.2, 0) is 6.18 Å². The van der Waals surface area contributed by atoms with Crippen LogP contribution in [0.3, 0.4) is 0 Å². The molecule has 1 saturated heterocycles. The van der Waals surface area contributed by atoms with E-state index in [4.69, 9.17) is 5.84 Å². The number of hydrazine groups is 1. The highest BCUT2D eigenvalue weighted by Gasteiger charge is 2.32. The number of nitrogens with zero attached hydrogens (tertiary/aromatic N) is 3. The third-order valence-corrected chi connectivity index (χ3v) is 3.11. The second kappa shape index (κ2) is 5.22. The Labute approximate surface area is 109 Å². The largest absolute Gasteiger partial charge is 0.416 e. The number of anilines is 2. The van der Waals surface area contributed by atoms with Gasteiger partial charge < -0.3 is 15.2 Å². The molecular weight excluding hydrogens is 259 g/mol. The van der Waals surface area contributed by atoms with Crippen LogP contribution >= 0.6 is 0 Å². The van der Waals surface area contributed by atoms with Crippen molar-refractivity contribution in [3.8, 4) is 0 Å². The summed E-state index contributed by atoms with van der Waals surface area (Å²) < 4.78 is 38.4. The number of pyridine rings is 1. The van der Waals surface area contributed by atoms with Gasteiger partial charge in [-0.3, -0.25) is 0 Å². The molecule has 1 aliphatic heterocycles. The molecular formula is C11H16F3N5. The molecule has 0 unspecified atom stereocenters. The number of likely N-dealkylation sites (N-methyl/N-ethyl adjacent to an activating group) is 1. The van der Waals surface area contributed by atoms with Crippen molar-refractivity contribution in [1.82, 2.24) is 9.88 Å². The number of nitrogens with two attached hydrogens (primary N) is 1. The first-order valence-electron chi connectivity index (χ1n) is 5.89. The maximum absolute atomic E-state index is 12.8. The van der Waals surface area contributed by atoms with Gasteiger partial charge in [0, 0.05) is 26.2 Å². The van der Waals surface area contributed by atoms with E-state index in [2.05, 4.69) is 15.3 Å². The molecule has 1 fully saturated rings. The molecule has 0 bridgehead atoms. The molecule has 8 heteroatoms. The van der Waals surface area contributed by atoms with Gasteiger partial charge in [0.05, 0.1) is 5.56 Å². The van der Waals surface area contributed by atoms with Crippen molar-refractivity contribution in [3.63, 3.8) is 0 Å². The van der Waals surface area contributed by atoms with E-state index in [1.165, 1.54) is 0 Å². The average Bonchev–Trinajstić information content (AvgIpc) is 2.38. The number of hydrogen-bond acceptors (Lipinski definition) is 5. The Morgan fingerprint density at radius 2 is 1.84 bits per heavy atom. The van der Waals surface area contributed by atoms with Crippen LogP contribution in [0.25, 0.3) is 0 Å². The summed E-state index contributed by atoms with van der Waals surface area (Å²) in [5.74, 6) is 5.49. The van der Waals surface area contributed by atoms with E-state index >= 15 is 0 Å². The van der Waals surface area contributed by atoms with Crippen LogP contribution in [0, 0.1) is 0 Å². The molecule has 0 amide bonds. The zero-order chi connectivity index (χ0) is 14.0. The number of rotatable bonds is 2. The predicted octanol–water partition coefficient (Wildman–Crippen LogP) is 1.14. The molecule has 106 valence electrons. The monoisotopic (exact) mass is 275 g/mol. The van der Waals surface area contributed by atoms with Gasteiger partial charge in [0.2, 0.25) is 0 Å². The van der Waals surface area contributed by atoms with Crippen molar-refractivity contribution in [3.05, 3.63) is 17.7 Å². The SMILES string of the molecule is CN1CCN(c2cc(C(F)(F)F)cc(NN)n2)CC1. The maximum Gasteiger partial charge on any atom is 0.416 e. The molecule has 2 rings (SSSR count). The summed E-state index contributed by atoms with van der Waals surface area (Å²) in [5, 5.41) is 0. The molecule has 1 aliphatic rings. The second-order valence-electron chi connectivity index (χ2n) is 4.53. The van der Waals surface area contributed by atoms with E-state index in [0.29, 0.717) is 18.9 Å². The first-order valence-corrected chi connectivity index (χ1v) is 5.89. The van der Waals surface area contributed by atoms with E-state index in [1.54, 1.807) is 0 Å². The fraction of sp³-hybridized carbons (Fsp3) is 0.545. The van der Waals surface area contributed by atoms with Crippen molar-refractivity contribution < 1.29 is 13.2 Å². The Bertz CT molecular complexity index is 440. The summed E-state index contributed by atoms with van der Waals surface area (Å²) in [6.07, 6.45) is -4.41. The fourth-order valence-electron chi connectivity index (χ4n) is 1.95. The number of nitrogen functional groups attached to an aromatic ring is 1. The quantitative estimate of drug-likeness (QED) is 0.626. The molecule has 0 aliphatic carbocycles. The van der Waals surface area contributed by atoms with Crippen molar-refractivity contribution in [2.75, 3.05) is 43.6 Å².